The largest absolute Gasteiger partial charge is 0.507 e. The molecule has 0 saturated carbocycles. The number of aromatic nitrogens is 2. The third-order valence-corrected chi connectivity index (χ3v) is 4.31. The number of para-hydroxylation sites is 2. The summed E-state index contributed by atoms with van der Waals surface area (Å²) >= 11 is 0. The van der Waals surface area contributed by atoms with Gasteiger partial charge in [-0.05, 0) is 42.8 Å². The molecule has 29 heavy (non-hydrogen) atoms. The lowest BCUT2D eigenvalue weighted by molar-refractivity contribution is 0.0502. The Kier molecular flexibility index (Phi) is 6.15. The zero-order valence-electron chi connectivity index (χ0n) is 16.3. The standard InChI is InChI=1S/C22H21N3O4/c1-3-12-28-16-10-8-15(9-11-16)22(27)29-14-20(26)17(13-23)21-24-18-6-4-5-7-19(18)25(21)2/h4-11,26H,3,12,14H2,1-2H3/b20-17-. The minimum Gasteiger partial charge on any atom is -0.507 e. The van der Waals surface area contributed by atoms with Gasteiger partial charge in [0.2, 0.25) is 0 Å². The first-order valence-corrected chi connectivity index (χ1v) is 9.19. The van der Waals surface area contributed by atoms with E-state index in [1.54, 1.807) is 35.9 Å². The van der Waals surface area contributed by atoms with Crippen molar-refractivity contribution >= 4 is 22.6 Å². The summed E-state index contributed by atoms with van der Waals surface area (Å²) in [6, 6.07) is 15.9. The Morgan fingerprint density at radius 3 is 2.59 bits per heavy atom. The van der Waals surface area contributed by atoms with Crippen molar-refractivity contribution in [2.45, 2.75) is 13.3 Å². The highest BCUT2D eigenvalue weighted by molar-refractivity contribution is 5.90. The number of carbonyl (C=O) groups excluding carboxylic acids is 1. The molecule has 0 aliphatic heterocycles. The van der Waals surface area contributed by atoms with E-state index in [1.807, 2.05) is 37.3 Å². The van der Waals surface area contributed by atoms with E-state index < -0.39 is 12.6 Å². The fraction of sp³-hybridized carbons (Fsp3) is 0.227. The molecule has 1 N–H and O–H groups in total. The van der Waals surface area contributed by atoms with Gasteiger partial charge in [0, 0.05) is 7.05 Å². The van der Waals surface area contributed by atoms with Gasteiger partial charge in [0.05, 0.1) is 23.2 Å². The Morgan fingerprint density at radius 1 is 1.21 bits per heavy atom. The lowest BCUT2D eigenvalue weighted by atomic mass is 10.2. The lowest BCUT2D eigenvalue weighted by Gasteiger charge is -2.08. The second kappa shape index (κ2) is 8.93. The number of aryl methyl sites for hydroxylation is 1. The van der Waals surface area contributed by atoms with Crippen LogP contribution in [0.15, 0.2) is 54.3 Å². The Morgan fingerprint density at radius 2 is 1.93 bits per heavy atom. The van der Waals surface area contributed by atoms with Crippen molar-refractivity contribution in [1.29, 1.82) is 5.26 Å². The van der Waals surface area contributed by atoms with Crippen LogP contribution in [-0.2, 0) is 11.8 Å². The number of nitrogens with zero attached hydrogens (tertiary/aromatic N) is 3. The van der Waals surface area contributed by atoms with E-state index in [4.69, 9.17) is 9.47 Å². The van der Waals surface area contributed by atoms with Gasteiger partial charge in [0.25, 0.3) is 0 Å². The van der Waals surface area contributed by atoms with Gasteiger partial charge < -0.3 is 19.1 Å². The van der Waals surface area contributed by atoms with Gasteiger partial charge in [0.15, 0.2) is 11.6 Å². The molecule has 0 unspecified atom stereocenters. The van der Waals surface area contributed by atoms with Crippen molar-refractivity contribution in [1.82, 2.24) is 9.55 Å². The van der Waals surface area contributed by atoms with Crippen molar-refractivity contribution in [3.05, 3.63) is 65.7 Å². The molecule has 0 aliphatic carbocycles. The topological polar surface area (TPSA) is 97.4 Å². The predicted molar refractivity (Wildman–Crippen MR) is 108 cm³/mol. The summed E-state index contributed by atoms with van der Waals surface area (Å²) in [4.78, 5) is 16.6. The lowest BCUT2D eigenvalue weighted by Crippen LogP contribution is -2.10. The molecule has 0 atom stereocenters. The quantitative estimate of drug-likeness (QED) is 0.371. The van der Waals surface area contributed by atoms with Crippen molar-refractivity contribution in [3.8, 4) is 11.8 Å². The number of fused-ring (bicyclic) bond motifs is 1. The van der Waals surface area contributed by atoms with E-state index in [0.29, 0.717) is 29.3 Å². The summed E-state index contributed by atoms with van der Waals surface area (Å²) in [7, 11) is 1.75. The summed E-state index contributed by atoms with van der Waals surface area (Å²) < 4.78 is 12.3. The highest BCUT2D eigenvalue weighted by Gasteiger charge is 2.18. The van der Waals surface area contributed by atoms with Crippen molar-refractivity contribution in [3.63, 3.8) is 0 Å². The molecule has 0 saturated heterocycles. The molecular weight excluding hydrogens is 370 g/mol. The summed E-state index contributed by atoms with van der Waals surface area (Å²) in [5.74, 6) is 0.00229. The molecule has 148 valence electrons. The average Bonchev–Trinajstić information content (AvgIpc) is 3.08. The maximum absolute atomic E-state index is 12.2. The van der Waals surface area contributed by atoms with Gasteiger partial charge >= 0.3 is 5.97 Å². The Bertz CT molecular complexity index is 1090. The maximum atomic E-state index is 12.2. The zero-order chi connectivity index (χ0) is 20.8. The first-order chi connectivity index (χ1) is 14.0. The molecule has 2 aromatic carbocycles. The smallest absolute Gasteiger partial charge is 0.338 e. The first-order valence-electron chi connectivity index (χ1n) is 9.19. The van der Waals surface area contributed by atoms with Crippen LogP contribution < -0.4 is 4.74 Å². The molecule has 0 fully saturated rings. The van der Waals surface area contributed by atoms with E-state index >= 15 is 0 Å². The minimum atomic E-state index is -0.610. The van der Waals surface area contributed by atoms with Crippen LogP contribution in [-0.4, -0.2) is 33.8 Å². The molecule has 7 nitrogen and oxygen atoms in total. The van der Waals surface area contributed by atoms with Crippen molar-refractivity contribution < 1.29 is 19.4 Å². The van der Waals surface area contributed by atoms with Crippen LogP contribution in [0.4, 0.5) is 0 Å². The molecule has 7 heteroatoms. The second-order valence-electron chi connectivity index (χ2n) is 6.37. The number of hydrogen-bond donors (Lipinski definition) is 1. The fourth-order valence-corrected chi connectivity index (χ4v) is 2.81. The Hall–Kier alpha value is -3.79. The third kappa shape index (κ3) is 4.38. The van der Waals surface area contributed by atoms with Gasteiger partial charge in [-0.25, -0.2) is 9.78 Å². The van der Waals surface area contributed by atoms with Gasteiger partial charge in [-0.1, -0.05) is 19.1 Å². The van der Waals surface area contributed by atoms with Crippen LogP contribution in [0.25, 0.3) is 16.6 Å². The molecular formula is C22H21N3O4. The number of aliphatic hydroxyl groups excluding tert-OH is 1. The van der Waals surface area contributed by atoms with Crippen molar-refractivity contribution in [2.24, 2.45) is 7.05 Å². The molecule has 0 spiro atoms. The van der Waals surface area contributed by atoms with Gasteiger partial charge in [-0.15, -0.1) is 0 Å². The number of aliphatic hydroxyl groups is 1. The second-order valence-corrected chi connectivity index (χ2v) is 6.37. The van der Waals surface area contributed by atoms with Crippen LogP contribution in [0.1, 0.15) is 29.5 Å². The van der Waals surface area contributed by atoms with Gasteiger partial charge in [-0.3, -0.25) is 0 Å². The minimum absolute atomic E-state index is 0.0418. The summed E-state index contributed by atoms with van der Waals surface area (Å²) in [5, 5.41) is 19.9. The van der Waals surface area contributed by atoms with E-state index in [-0.39, 0.29) is 11.3 Å². The first kappa shape index (κ1) is 20.0. The van der Waals surface area contributed by atoms with E-state index in [9.17, 15) is 15.2 Å². The van der Waals surface area contributed by atoms with Crippen molar-refractivity contribution in [2.75, 3.05) is 13.2 Å². The highest BCUT2D eigenvalue weighted by Crippen LogP contribution is 2.22. The predicted octanol–water partition coefficient (Wildman–Crippen LogP) is 4.01. The summed E-state index contributed by atoms with van der Waals surface area (Å²) in [6.45, 7) is 2.18. The third-order valence-electron chi connectivity index (χ3n) is 4.31. The highest BCUT2D eigenvalue weighted by atomic mass is 16.5. The monoisotopic (exact) mass is 391 g/mol. The average molecular weight is 391 g/mol. The van der Waals surface area contributed by atoms with Crippen LogP contribution in [0.3, 0.4) is 0 Å². The Balaban J connectivity index is 1.74. The molecule has 1 aromatic heterocycles. The molecule has 3 rings (SSSR count). The molecule has 3 aromatic rings. The van der Waals surface area contributed by atoms with Crippen LogP contribution in [0, 0.1) is 11.3 Å². The number of ether oxygens (including phenoxy) is 2. The van der Waals surface area contributed by atoms with E-state index in [0.717, 1.165) is 11.9 Å². The normalized spacial score (nSPS) is 11.6. The number of hydrogen-bond acceptors (Lipinski definition) is 6. The van der Waals surface area contributed by atoms with E-state index in [1.165, 1.54) is 0 Å². The molecule has 0 amide bonds. The van der Waals surface area contributed by atoms with Gasteiger partial charge in [-0.2, -0.15) is 5.26 Å². The molecule has 0 bridgehead atoms. The number of rotatable bonds is 7. The molecule has 0 aliphatic rings. The fourth-order valence-electron chi connectivity index (χ4n) is 2.81. The number of esters is 1. The maximum Gasteiger partial charge on any atom is 0.338 e. The molecule has 1 heterocycles. The van der Waals surface area contributed by atoms with E-state index in [2.05, 4.69) is 4.98 Å². The molecule has 0 radical (unpaired) electrons. The zero-order valence-corrected chi connectivity index (χ0v) is 16.3. The summed E-state index contributed by atoms with van der Waals surface area (Å²) in [5.41, 5.74) is 1.81. The van der Waals surface area contributed by atoms with Crippen LogP contribution >= 0.6 is 0 Å². The number of carbonyl (C=O) groups is 1. The van der Waals surface area contributed by atoms with Crippen LogP contribution in [0.2, 0.25) is 0 Å². The Labute approximate surface area is 168 Å². The number of benzene rings is 2. The SMILES string of the molecule is CCCOc1ccc(C(=O)OC/C(O)=C(\C#N)c2nc3ccccc3n2C)cc1. The summed E-state index contributed by atoms with van der Waals surface area (Å²) in [6.07, 6.45) is 0.891. The van der Waals surface area contributed by atoms with Gasteiger partial charge in [0.1, 0.15) is 24.0 Å². The number of allylic oxidation sites excluding steroid dienone is 1. The van der Waals surface area contributed by atoms with Crippen LogP contribution in [0.5, 0.6) is 5.75 Å². The number of imidazole rings is 1. The number of nitriles is 1.